The highest BCUT2D eigenvalue weighted by atomic mass is 35.5. The number of rotatable bonds is 4. The monoisotopic (exact) mass is 351 g/mol. The van der Waals surface area contributed by atoms with Crippen LogP contribution in [0.4, 0.5) is 5.69 Å². The van der Waals surface area contributed by atoms with Gasteiger partial charge < -0.3 is 14.8 Å². The number of hydrogen-bond acceptors (Lipinski definition) is 6. The third-order valence-electron chi connectivity index (χ3n) is 3.04. The predicted molar refractivity (Wildman–Crippen MR) is 84.5 cm³/mol. The van der Waals surface area contributed by atoms with Crippen LogP contribution in [0.2, 0.25) is 4.34 Å². The van der Waals surface area contributed by atoms with E-state index < -0.39 is 12.6 Å². The summed E-state index contributed by atoms with van der Waals surface area (Å²) in [6, 6.07) is 7.74. The van der Waals surface area contributed by atoms with Crippen LogP contribution in [0.15, 0.2) is 30.3 Å². The number of carbonyl (C=O) groups is 3. The van der Waals surface area contributed by atoms with Crippen LogP contribution >= 0.6 is 22.9 Å². The number of benzene rings is 1. The highest BCUT2D eigenvalue weighted by Gasteiger charge is 2.19. The van der Waals surface area contributed by atoms with Crippen molar-refractivity contribution in [3.05, 3.63) is 45.1 Å². The van der Waals surface area contributed by atoms with Crippen LogP contribution in [0, 0.1) is 0 Å². The lowest BCUT2D eigenvalue weighted by Crippen LogP contribution is -2.25. The second-order valence-corrected chi connectivity index (χ2v) is 6.37. The predicted octanol–water partition coefficient (Wildman–Crippen LogP) is 2.77. The molecule has 2 heterocycles. The summed E-state index contributed by atoms with van der Waals surface area (Å²) in [5.41, 5.74) is 0.732. The Bertz CT molecular complexity index is 801. The van der Waals surface area contributed by atoms with Crippen LogP contribution in [-0.2, 0) is 9.53 Å². The number of hydrogen-bond donors (Lipinski definition) is 1. The van der Waals surface area contributed by atoms with E-state index in [2.05, 4.69) is 5.32 Å². The fraction of sp³-hybridized carbons (Fsp3) is 0.133. The molecule has 0 saturated heterocycles. The number of amides is 1. The van der Waals surface area contributed by atoms with Gasteiger partial charge in [-0.1, -0.05) is 11.6 Å². The molecule has 0 radical (unpaired) electrons. The molecule has 0 atom stereocenters. The van der Waals surface area contributed by atoms with Crippen molar-refractivity contribution in [1.82, 2.24) is 0 Å². The summed E-state index contributed by atoms with van der Waals surface area (Å²) in [6.07, 6.45) is 0. The molecule has 8 heteroatoms. The molecule has 0 spiro atoms. The number of Topliss-reactive ketones (excluding diaryl/α,β-unsaturated/α-hetero) is 1. The van der Waals surface area contributed by atoms with Gasteiger partial charge in [0.2, 0.25) is 0 Å². The normalized spacial score (nSPS) is 12.8. The SMILES string of the molecule is O=C1COc2ccc(C(=O)COC(=O)c3ccc(Cl)s3)cc2N1. The molecule has 1 aromatic carbocycles. The van der Waals surface area contributed by atoms with E-state index in [1.807, 2.05) is 0 Å². The van der Waals surface area contributed by atoms with E-state index in [4.69, 9.17) is 21.1 Å². The number of esters is 1. The fourth-order valence-corrected chi connectivity index (χ4v) is 2.90. The Hall–Kier alpha value is -2.38. The first-order chi connectivity index (χ1) is 11.0. The average molecular weight is 352 g/mol. The van der Waals surface area contributed by atoms with Gasteiger partial charge in [-0.05, 0) is 30.3 Å². The van der Waals surface area contributed by atoms with E-state index in [0.29, 0.717) is 26.2 Å². The topological polar surface area (TPSA) is 81.7 Å². The molecule has 2 aromatic rings. The van der Waals surface area contributed by atoms with E-state index in [1.165, 1.54) is 12.1 Å². The van der Waals surface area contributed by atoms with Crippen molar-refractivity contribution in [2.45, 2.75) is 0 Å². The summed E-state index contributed by atoms with van der Waals surface area (Å²) in [4.78, 5) is 35.5. The van der Waals surface area contributed by atoms with Crippen LogP contribution in [0.3, 0.4) is 0 Å². The number of nitrogens with one attached hydrogen (secondary N) is 1. The molecule has 1 aromatic heterocycles. The molecule has 1 amide bonds. The second kappa shape index (κ2) is 6.39. The van der Waals surface area contributed by atoms with Gasteiger partial charge in [-0.3, -0.25) is 9.59 Å². The Morgan fingerprint density at radius 2 is 2.13 bits per heavy atom. The number of carbonyl (C=O) groups excluding carboxylic acids is 3. The fourth-order valence-electron chi connectivity index (χ4n) is 1.97. The Labute approximate surface area is 140 Å². The van der Waals surface area contributed by atoms with E-state index >= 15 is 0 Å². The van der Waals surface area contributed by atoms with Gasteiger partial charge in [-0.15, -0.1) is 11.3 Å². The van der Waals surface area contributed by atoms with Crippen LogP contribution in [0.5, 0.6) is 5.75 Å². The van der Waals surface area contributed by atoms with Crippen molar-refractivity contribution in [2.75, 3.05) is 18.5 Å². The summed E-state index contributed by atoms with van der Waals surface area (Å²) in [7, 11) is 0. The lowest BCUT2D eigenvalue weighted by atomic mass is 10.1. The molecule has 0 bridgehead atoms. The zero-order chi connectivity index (χ0) is 16.4. The average Bonchev–Trinajstić information content (AvgIpc) is 2.98. The van der Waals surface area contributed by atoms with Gasteiger partial charge >= 0.3 is 5.97 Å². The quantitative estimate of drug-likeness (QED) is 0.676. The summed E-state index contributed by atoms with van der Waals surface area (Å²) in [6.45, 7) is -0.455. The van der Waals surface area contributed by atoms with Gasteiger partial charge in [0.05, 0.1) is 10.0 Å². The smallest absolute Gasteiger partial charge is 0.348 e. The van der Waals surface area contributed by atoms with Crippen molar-refractivity contribution < 1.29 is 23.9 Å². The summed E-state index contributed by atoms with van der Waals surface area (Å²) >= 11 is 6.82. The molecule has 1 aliphatic heterocycles. The van der Waals surface area contributed by atoms with E-state index in [-0.39, 0.29) is 18.3 Å². The molecular formula is C15H10ClNO5S. The van der Waals surface area contributed by atoms with E-state index in [1.54, 1.807) is 18.2 Å². The first-order valence-corrected chi connectivity index (χ1v) is 7.75. The van der Waals surface area contributed by atoms with Gasteiger partial charge in [-0.2, -0.15) is 0 Å². The van der Waals surface area contributed by atoms with Gasteiger partial charge in [0.15, 0.2) is 19.0 Å². The number of ketones is 1. The van der Waals surface area contributed by atoms with E-state index in [0.717, 1.165) is 11.3 Å². The van der Waals surface area contributed by atoms with Crippen LogP contribution < -0.4 is 10.1 Å². The lowest BCUT2D eigenvalue weighted by Gasteiger charge is -2.18. The largest absolute Gasteiger partial charge is 0.482 e. The van der Waals surface area contributed by atoms with Gasteiger partial charge in [-0.25, -0.2) is 4.79 Å². The third-order valence-corrected chi connectivity index (χ3v) is 4.25. The van der Waals surface area contributed by atoms with Crippen molar-refractivity contribution in [3.8, 4) is 5.75 Å². The Balaban J connectivity index is 1.65. The number of thiophene rings is 1. The van der Waals surface area contributed by atoms with Gasteiger partial charge in [0.25, 0.3) is 5.91 Å². The Morgan fingerprint density at radius 1 is 1.30 bits per heavy atom. The minimum absolute atomic E-state index is 0.0543. The molecule has 0 unspecified atom stereocenters. The maximum Gasteiger partial charge on any atom is 0.348 e. The zero-order valence-electron chi connectivity index (χ0n) is 11.6. The minimum atomic E-state index is -0.607. The summed E-state index contributed by atoms with van der Waals surface area (Å²) < 4.78 is 10.6. The van der Waals surface area contributed by atoms with Gasteiger partial charge in [0, 0.05) is 5.56 Å². The first kappa shape index (κ1) is 15.5. The van der Waals surface area contributed by atoms with Crippen molar-refractivity contribution >= 4 is 46.3 Å². The molecular weight excluding hydrogens is 342 g/mol. The third kappa shape index (κ3) is 3.52. The maximum absolute atomic E-state index is 12.1. The zero-order valence-corrected chi connectivity index (χ0v) is 13.2. The summed E-state index contributed by atoms with van der Waals surface area (Å²) in [5.74, 6) is -0.789. The maximum atomic E-state index is 12.1. The number of ether oxygens (including phenoxy) is 2. The molecule has 0 saturated carbocycles. The number of anilines is 1. The van der Waals surface area contributed by atoms with Crippen molar-refractivity contribution in [3.63, 3.8) is 0 Å². The standard InChI is InChI=1S/C15H10ClNO5S/c16-13-4-3-12(23-13)15(20)22-6-10(18)8-1-2-11-9(5-8)17-14(19)7-21-11/h1-5H,6-7H2,(H,17,19). The highest BCUT2D eigenvalue weighted by molar-refractivity contribution is 7.17. The number of halogens is 1. The van der Waals surface area contributed by atoms with Crippen LogP contribution in [0.1, 0.15) is 20.0 Å². The van der Waals surface area contributed by atoms with Gasteiger partial charge in [0.1, 0.15) is 10.6 Å². The Morgan fingerprint density at radius 3 is 2.87 bits per heavy atom. The molecule has 118 valence electrons. The molecule has 0 aliphatic carbocycles. The minimum Gasteiger partial charge on any atom is -0.482 e. The molecule has 23 heavy (non-hydrogen) atoms. The molecule has 6 nitrogen and oxygen atoms in total. The first-order valence-electron chi connectivity index (χ1n) is 6.55. The van der Waals surface area contributed by atoms with E-state index in [9.17, 15) is 14.4 Å². The number of fused-ring (bicyclic) bond motifs is 1. The molecule has 3 rings (SSSR count). The molecule has 1 aliphatic rings. The highest BCUT2D eigenvalue weighted by Crippen LogP contribution is 2.28. The molecule has 1 N–H and O–H groups in total. The molecule has 0 fully saturated rings. The second-order valence-electron chi connectivity index (χ2n) is 4.65. The van der Waals surface area contributed by atoms with Crippen LogP contribution in [-0.4, -0.2) is 30.9 Å². The van der Waals surface area contributed by atoms with Crippen LogP contribution in [0.25, 0.3) is 0 Å². The Kier molecular flexibility index (Phi) is 4.31. The van der Waals surface area contributed by atoms with Crippen molar-refractivity contribution in [1.29, 1.82) is 0 Å². The van der Waals surface area contributed by atoms with Crippen molar-refractivity contribution in [2.24, 2.45) is 0 Å². The summed E-state index contributed by atoms with van der Waals surface area (Å²) in [5, 5.41) is 2.61. The lowest BCUT2D eigenvalue weighted by molar-refractivity contribution is -0.118.